The molecule has 0 aliphatic carbocycles. The Labute approximate surface area is 104 Å². The van der Waals surface area contributed by atoms with Gasteiger partial charge in [-0.1, -0.05) is 20.8 Å². The van der Waals surface area contributed by atoms with E-state index in [0.717, 1.165) is 0 Å². The zero-order chi connectivity index (χ0) is 13.9. The van der Waals surface area contributed by atoms with Gasteiger partial charge in [0.25, 0.3) is 0 Å². The molecule has 0 radical (unpaired) electrons. The van der Waals surface area contributed by atoms with Gasteiger partial charge in [-0.3, -0.25) is 9.59 Å². The van der Waals surface area contributed by atoms with E-state index >= 15 is 0 Å². The molecule has 0 aromatic carbocycles. The molecule has 0 heterocycles. The van der Waals surface area contributed by atoms with Gasteiger partial charge in [-0.2, -0.15) is 0 Å². The lowest BCUT2D eigenvalue weighted by molar-refractivity contribution is -0.119. The van der Waals surface area contributed by atoms with Crippen LogP contribution in [0, 0.1) is 0 Å². The molecular formula is C13H25NO3. The molecule has 0 spiro atoms. The van der Waals surface area contributed by atoms with Crippen LogP contribution in [0.4, 0.5) is 0 Å². The van der Waals surface area contributed by atoms with Crippen molar-refractivity contribution in [2.24, 2.45) is 0 Å². The van der Waals surface area contributed by atoms with Crippen LogP contribution in [0.3, 0.4) is 0 Å². The van der Waals surface area contributed by atoms with Crippen molar-refractivity contribution in [2.45, 2.75) is 53.0 Å². The second kappa shape index (κ2) is 10.0. The number of rotatable bonds is 6. The van der Waals surface area contributed by atoms with E-state index in [1.807, 2.05) is 27.7 Å². The quantitative estimate of drug-likeness (QED) is 0.699. The van der Waals surface area contributed by atoms with Crippen LogP contribution in [-0.4, -0.2) is 28.9 Å². The predicted molar refractivity (Wildman–Crippen MR) is 69.7 cm³/mol. The van der Waals surface area contributed by atoms with E-state index in [-0.39, 0.29) is 18.3 Å². The van der Waals surface area contributed by atoms with E-state index < -0.39 is 5.54 Å². The fourth-order valence-electron chi connectivity index (χ4n) is 1.00. The first-order chi connectivity index (χ1) is 7.91. The van der Waals surface area contributed by atoms with Crippen molar-refractivity contribution in [3.63, 3.8) is 0 Å². The molecule has 0 bridgehead atoms. The van der Waals surface area contributed by atoms with Gasteiger partial charge in [0, 0.05) is 24.6 Å². The van der Waals surface area contributed by atoms with Gasteiger partial charge in [0.05, 0.1) is 0 Å². The molecule has 0 unspecified atom stereocenters. The minimum absolute atomic E-state index is 0.0187. The van der Waals surface area contributed by atoms with Gasteiger partial charge in [0.1, 0.15) is 0 Å². The molecule has 100 valence electrons. The second-order valence-corrected chi connectivity index (χ2v) is 4.00. The number of nitrogens with one attached hydrogen (secondary N) is 1. The summed E-state index contributed by atoms with van der Waals surface area (Å²) in [6.07, 6.45) is 3.37. The van der Waals surface area contributed by atoms with Crippen molar-refractivity contribution >= 4 is 11.7 Å². The predicted octanol–water partition coefficient (Wildman–Crippen LogP) is 1.83. The third-order valence-electron chi connectivity index (χ3n) is 1.97. The Bertz CT molecular complexity index is 257. The zero-order valence-electron chi connectivity index (χ0n) is 11.5. The molecule has 0 rings (SSSR count). The molecule has 4 heteroatoms. The standard InChI is InChI=1S/C11H19NO3.C2H6/c1-4-9(14)5-6-10(15)12-11(2,3)7-8-13;1-2/h5-6,13H,4,7-8H2,1-3H3,(H,12,15);1-2H3/b6-5+;. The van der Waals surface area contributed by atoms with Crippen molar-refractivity contribution in [3.05, 3.63) is 12.2 Å². The molecule has 0 aliphatic heterocycles. The molecule has 0 fully saturated rings. The maximum Gasteiger partial charge on any atom is 0.244 e. The summed E-state index contributed by atoms with van der Waals surface area (Å²) >= 11 is 0. The van der Waals surface area contributed by atoms with Crippen molar-refractivity contribution in [3.8, 4) is 0 Å². The second-order valence-electron chi connectivity index (χ2n) is 4.00. The van der Waals surface area contributed by atoms with Crippen molar-refractivity contribution < 1.29 is 14.7 Å². The monoisotopic (exact) mass is 243 g/mol. The third-order valence-corrected chi connectivity index (χ3v) is 1.97. The van der Waals surface area contributed by atoms with E-state index in [4.69, 9.17) is 5.11 Å². The summed E-state index contributed by atoms with van der Waals surface area (Å²) in [5.41, 5.74) is -0.453. The van der Waals surface area contributed by atoms with Crippen LogP contribution in [0.5, 0.6) is 0 Å². The normalized spacial score (nSPS) is 10.7. The molecule has 0 aromatic rings. The Hall–Kier alpha value is -1.16. The summed E-state index contributed by atoms with van der Waals surface area (Å²) in [6.45, 7) is 9.39. The lowest BCUT2D eigenvalue weighted by Crippen LogP contribution is -2.43. The molecule has 17 heavy (non-hydrogen) atoms. The van der Waals surface area contributed by atoms with Gasteiger partial charge in [-0.05, 0) is 26.3 Å². The number of carbonyl (C=O) groups is 2. The van der Waals surface area contributed by atoms with Crippen LogP contribution in [0.15, 0.2) is 12.2 Å². The van der Waals surface area contributed by atoms with Gasteiger partial charge in [-0.25, -0.2) is 0 Å². The Balaban J connectivity index is 0. The highest BCUT2D eigenvalue weighted by Gasteiger charge is 2.18. The minimum Gasteiger partial charge on any atom is -0.396 e. The molecule has 0 saturated heterocycles. The number of ketones is 1. The molecular weight excluding hydrogens is 218 g/mol. The summed E-state index contributed by atoms with van der Waals surface area (Å²) in [5, 5.41) is 11.4. The summed E-state index contributed by atoms with van der Waals surface area (Å²) in [5.74, 6) is -0.389. The van der Waals surface area contributed by atoms with Gasteiger partial charge < -0.3 is 10.4 Å². The van der Waals surface area contributed by atoms with Crippen LogP contribution in [0.2, 0.25) is 0 Å². The van der Waals surface area contributed by atoms with Gasteiger partial charge in [0.15, 0.2) is 5.78 Å². The average Bonchev–Trinajstić information content (AvgIpc) is 2.27. The van der Waals surface area contributed by atoms with Gasteiger partial charge in [0.2, 0.25) is 5.91 Å². The first-order valence-electron chi connectivity index (χ1n) is 6.05. The van der Waals surface area contributed by atoms with Crippen molar-refractivity contribution in [2.75, 3.05) is 6.61 Å². The highest BCUT2D eigenvalue weighted by atomic mass is 16.3. The largest absolute Gasteiger partial charge is 0.396 e. The maximum absolute atomic E-state index is 11.3. The first kappa shape index (κ1) is 18.2. The highest BCUT2D eigenvalue weighted by Crippen LogP contribution is 2.06. The number of hydrogen-bond donors (Lipinski definition) is 2. The minimum atomic E-state index is -0.453. The molecule has 0 aliphatic rings. The van der Waals surface area contributed by atoms with Gasteiger partial charge >= 0.3 is 0 Å². The fourth-order valence-corrected chi connectivity index (χ4v) is 1.00. The number of amides is 1. The number of aliphatic hydroxyl groups is 1. The maximum atomic E-state index is 11.3. The molecule has 0 saturated carbocycles. The van der Waals surface area contributed by atoms with Crippen LogP contribution >= 0.6 is 0 Å². The number of carbonyl (C=O) groups excluding carboxylic acids is 2. The highest BCUT2D eigenvalue weighted by molar-refractivity contribution is 5.97. The summed E-state index contributed by atoms with van der Waals surface area (Å²) in [7, 11) is 0. The van der Waals surface area contributed by atoms with Crippen LogP contribution < -0.4 is 5.32 Å². The Morgan fingerprint density at radius 2 is 1.76 bits per heavy atom. The molecule has 0 aromatic heterocycles. The summed E-state index contributed by atoms with van der Waals surface area (Å²) < 4.78 is 0. The Kier molecular flexibility index (Phi) is 10.7. The van der Waals surface area contributed by atoms with Crippen molar-refractivity contribution in [1.82, 2.24) is 5.32 Å². The van der Waals surface area contributed by atoms with Crippen LogP contribution in [0.1, 0.15) is 47.5 Å². The number of allylic oxidation sites excluding steroid dienone is 1. The average molecular weight is 243 g/mol. The van der Waals surface area contributed by atoms with Gasteiger partial charge in [-0.15, -0.1) is 0 Å². The number of aliphatic hydroxyl groups excluding tert-OH is 1. The van der Waals surface area contributed by atoms with Crippen LogP contribution in [0.25, 0.3) is 0 Å². The third kappa shape index (κ3) is 11.1. The number of hydrogen-bond acceptors (Lipinski definition) is 3. The molecule has 2 N–H and O–H groups in total. The molecule has 4 nitrogen and oxygen atoms in total. The van der Waals surface area contributed by atoms with Crippen molar-refractivity contribution in [1.29, 1.82) is 0 Å². The van der Waals surface area contributed by atoms with Crippen LogP contribution in [-0.2, 0) is 9.59 Å². The molecule has 0 atom stereocenters. The Morgan fingerprint density at radius 1 is 1.24 bits per heavy atom. The SMILES string of the molecule is CC.CCC(=O)/C=C/C(=O)NC(C)(C)CCO. The first-order valence-corrected chi connectivity index (χ1v) is 6.05. The zero-order valence-corrected chi connectivity index (χ0v) is 11.5. The summed E-state index contributed by atoms with van der Waals surface area (Å²) in [6, 6.07) is 0. The van der Waals surface area contributed by atoms with E-state index in [1.165, 1.54) is 12.2 Å². The smallest absolute Gasteiger partial charge is 0.244 e. The van der Waals surface area contributed by atoms with E-state index in [2.05, 4.69) is 5.32 Å². The Morgan fingerprint density at radius 3 is 2.18 bits per heavy atom. The lowest BCUT2D eigenvalue weighted by Gasteiger charge is -2.24. The lowest BCUT2D eigenvalue weighted by atomic mass is 10.0. The van der Waals surface area contributed by atoms with E-state index in [1.54, 1.807) is 6.92 Å². The summed E-state index contributed by atoms with van der Waals surface area (Å²) in [4.78, 5) is 22.2. The fraction of sp³-hybridized carbons (Fsp3) is 0.692. The van der Waals surface area contributed by atoms with E-state index in [9.17, 15) is 9.59 Å². The molecule has 1 amide bonds. The van der Waals surface area contributed by atoms with E-state index in [0.29, 0.717) is 12.8 Å². The topological polar surface area (TPSA) is 66.4 Å².